The second-order valence-corrected chi connectivity index (χ2v) is 4.38. The van der Waals surface area contributed by atoms with Gasteiger partial charge in [0, 0.05) is 44.0 Å². The number of amides is 1. The van der Waals surface area contributed by atoms with Gasteiger partial charge in [-0.2, -0.15) is 0 Å². The van der Waals surface area contributed by atoms with Crippen LogP contribution < -0.4 is 10.6 Å². The number of hydrogen-bond acceptors (Lipinski definition) is 5. The Hall–Kier alpha value is -1.99. The first-order valence-corrected chi connectivity index (χ1v) is 6.12. The van der Waals surface area contributed by atoms with Crippen molar-refractivity contribution in [2.24, 2.45) is 0 Å². The van der Waals surface area contributed by atoms with Crippen molar-refractivity contribution in [2.75, 3.05) is 38.0 Å². The van der Waals surface area contributed by atoms with Gasteiger partial charge < -0.3 is 10.6 Å². The number of nitrogens with zero attached hydrogens (tertiary/aromatic N) is 2. The van der Waals surface area contributed by atoms with Crippen molar-refractivity contribution < 1.29 is 9.72 Å². The van der Waals surface area contributed by atoms with Gasteiger partial charge in [-0.15, -0.1) is 0 Å². The van der Waals surface area contributed by atoms with Crippen LogP contribution >= 0.6 is 0 Å². The molecule has 0 radical (unpaired) electrons. The van der Waals surface area contributed by atoms with Gasteiger partial charge in [0.2, 0.25) is 5.91 Å². The van der Waals surface area contributed by atoms with Crippen LogP contribution in [0.5, 0.6) is 0 Å². The molecule has 0 aromatic heterocycles. The van der Waals surface area contributed by atoms with E-state index in [1.54, 1.807) is 12.1 Å². The maximum atomic E-state index is 11.8. The van der Waals surface area contributed by atoms with E-state index in [0.717, 1.165) is 26.2 Å². The van der Waals surface area contributed by atoms with Crippen molar-refractivity contribution in [3.8, 4) is 0 Å². The van der Waals surface area contributed by atoms with E-state index in [2.05, 4.69) is 10.6 Å². The van der Waals surface area contributed by atoms with Crippen molar-refractivity contribution in [3.63, 3.8) is 0 Å². The fourth-order valence-corrected chi connectivity index (χ4v) is 1.97. The predicted octanol–water partition coefficient (Wildman–Crippen LogP) is 0.439. The van der Waals surface area contributed by atoms with E-state index in [1.807, 2.05) is 4.90 Å². The van der Waals surface area contributed by atoms with Gasteiger partial charge in [0.25, 0.3) is 5.69 Å². The van der Waals surface area contributed by atoms with Crippen molar-refractivity contribution in [2.45, 2.75) is 0 Å². The third kappa shape index (κ3) is 4.01. The van der Waals surface area contributed by atoms with Crippen LogP contribution in [0.15, 0.2) is 24.3 Å². The molecule has 0 spiro atoms. The lowest BCUT2D eigenvalue weighted by Gasteiger charge is -2.26. The molecular formula is C12H16N4O3. The highest BCUT2D eigenvalue weighted by atomic mass is 16.6. The minimum atomic E-state index is -0.480. The largest absolute Gasteiger partial charge is 0.325 e. The molecule has 19 heavy (non-hydrogen) atoms. The van der Waals surface area contributed by atoms with E-state index >= 15 is 0 Å². The van der Waals surface area contributed by atoms with Crippen molar-refractivity contribution >= 4 is 17.3 Å². The Morgan fingerprint density at radius 3 is 2.84 bits per heavy atom. The Morgan fingerprint density at radius 2 is 2.16 bits per heavy atom. The fourth-order valence-electron chi connectivity index (χ4n) is 1.97. The van der Waals surface area contributed by atoms with E-state index in [4.69, 9.17) is 0 Å². The molecule has 1 heterocycles. The number of rotatable bonds is 4. The Kier molecular flexibility index (Phi) is 4.43. The summed E-state index contributed by atoms with van der Waals surface area (Å²) in [6.45, 7) is 3.74. The molecule has 0 atom stereocenters. The van der Waals surface area contributed by atoms with Crippen LogP contribution in [0.4, 0.5) is 11.4 Å². The summed E-state index contributed by atoms with van der Waals surface area (Å²) in [5.74, 6) is -0.151. The zero-order valence-corrected chi connectivity index (χ0v) is 10.5. The van der Waals surface area contributed by atoms with Crippen molar-refractivity contribution in [1.82, 2.24) is 10.2 Å². The standard InChI is InChI=1S/C12H16N4O3/c17-12(9-15-6-4-13-5-7-15)14-10-2-1-3-11(8-10)16(18)19/h1-3,8,13H,4-7,9H2,(H,14,17). The molecule has 1 aliphatic rings. The van der Waals surface area contributed by atoms with Crippen LogP contribution in [0.3, 0.4) is 0 Å². The summed E-state index contributed by atoms with van der Waals surface area (Å²) in [6.07, 6.45) is 0. The van der Waals surface area contributed by atoms with Gasteiger partial charge in [0.15, 0.2) is 0 Å². The smallest absolute Gasteiger partial charge is 0.271 e. The number of nitro benzene ring substituents is 1. The average Bonchev–Trinajstić information content (AvgIpc) is 2.40. The molecule has 1 aromatic carbocycles. The fraction of sp³-hybridized carbons (Fsp3) is 0.417. The minimum absolute atomic E-state index is 0.0278. The number of carbonyl (C=O) groups excluding carboxylic acids is 1. The molecule has 2 N–H and O–H groups in total. The number of nitrogens with one attached hydrogen (secondary N) is 2. The summed E-state index contributed by atoms with van der Waals surface area (Å²) in [5.41, 5.74) is 0.425. The lowest BCUT2D eigenvalue weighted by molar-refractivity contribution is -0.384. The highest BCUT2D eigenvalue weighted by Crippen LogP contribution is 2.16. The average molecular weight is 264 g/mol. The number of non-ortho nitro benzene ring substituents is 1. The van der Waals surface area contributed by atoms with Gasteiger partial charge in [0.05, 0.1) is 11.5 Å². The number of benzene rings is 1. The molecule has 1 amide bonds. The number of anilines is 1. The summed E-state index contributed by atoms with van der Waals surface area (Å²) in [6, 6.07) is 5.95. The van der Waals surface area contributed by atoms with Crippen LogP contribution in [0, 0.1) is 10.1 Å². The van der Waals surface area contributed by atoms with Crippen molar-refractivity contribution in [3.05, 3.63) is 34.4 Å². The number of hydrogen-bond donors (Lipinski definition) is 2. The number of nitro groups is 1. The summed E-state index contributed by atoms with van der Waals surface area (Å²) in [5, 5.41) is 16.5. The lowest BCUT2D eigenvalue weighted by Crippen LogP contribution is -2.46. The van der Waals surface area contributed by atoms with E-state index in [-0.39, 0.29) is 11.6 Å². The molecular weight excluding hydrogens is 248 g/mol. The minimum Gasteiger partial charge on any atom is -0.325 e. The normalized spacial score (nSPS) is 16.0. The topological polar surface area (TPSA) is 87.5 Å². The van der Waals surface area contributed by atoms with Gasteiger partial charge in [-0.25, -0.2) is 0 Å². The molecule has 1 aliphatic heterocycles. The van der Waals surface area contributed by atoms with E-state index in [1.165, 1.54) is 12.1 Å². The molecule has 1 fully saturated rings. The van der Waals surface area contributed by atoms with Crippen LogP contribution in [0.2, 0.25) is 0 Å². The summed E-state index contributed by atoms with van der Waals surface area (Å²) in [7, 11) is 0. The lowest BCUT2D eigenvalue weighted by atomic mass is 10.2. The summed E-state index contributed by atoms with van der Waals surface area (Å²) >= 11 is 0. The first kappa shape index (κ1) is 13.4. The summed E-state index contributed by atoms with van der Waals surface area (Å²) < 4.78 is 0. The molecule has 1 aromatic rings. The first-order valence-electron chi connectivity index (χ1n) is 6.12. The molecule has 2 rings (SSSR count). The second-order valence-electron chi connectivity index (χ2n) is 4.38. The monoisotopic (exact) mass is 264 g/mol. The molecule has 7 nitrogen and oxygen atoms in total. The molecule has 0 aliphatic carbocycles. The zero-order chi connectivity index (χ0) is 13.7. The van der Waals surface area contributed by atoms with Gasteiger partial charge in [-0.1, -0.05) is 6.07 Å². The van der Waals surface area contributed by atoms with E-state index < -0.39 is 4.92 Å². The maximum absolute atomic E-state index is 11.8. The molecule has 102 valence electrons. The number of piperazine rings is 1. The second kappa shape index (κ2) is 6.26. The van der Waals surface area contributed by atoms with Gasteiger partial charge in [-0.05, 0) is 6.07 Å². The first-order chi connectivity index (χ1) is 9.15. The van der Waals surface area contributed by atoms with Crippen LogP contribution in [0.1, 0.15) is 0 Å². The molecule has 0 saturated carbocycles. The maximum Gasteiger partial charge on any atom is 0.271 e. The Morgan fingerprint density at radius 1 is 1.42 bits per heavy atom. The third-order valence-corrected chi connectivity index (χ3v) is 2.92. The van der Waals surface area contributed by atoms with Gasteiger partial charge in [-0.3, -0.25) is 19.8 Å². The predicted molar refractivity (Wildman–Crippen MR) is 71.0 cm³/mol. The molecule has 1 saturated heterocycles. The SMILES string of the molecule is O=C(CN1CCNCC1)Nc1cccc([N+](=O)[O-])c1. The molecule has 0 bridgehead atoms. The van der Waals surface area contributed by atoms with Crippen LogP contribution in [0.25, 0.3) is 0 Å². The van der Waals surface area contributed by atoms with E-state index in [9.17, 15) is 14.9 Å². The van der Waals surface area contributed by atoms with E-state index in [0.29, 0.717) is 12.2 Å². The molecule has 0 unspecified atom stereocenters. The Bertz CT molecular complexity index is 472. The Labute approximate surface area is 110 Å². The van der Waals surface area contributed by atoms with Crippen molar-refractivity contribution in [1.29, 1.82) is 0 Å². The Balaban J connectivity index is 1.90. The zero-order valence-electron chi connectivity index (χ0n) is 10.5. The summed E-state index contributed by atoms with van der Waals surface area (Å²) in [4.78, 5) is 24.0. The third-order valence-electron chi connectivity index (χ3n) is 2.92. The quantitative estimate of drug-likeness (QED) is 0.608. The highest BCUT2D eigenvalue weighted by Gasteiger charge is 2.14. The van der Waals surface area contributed by atoms with Gasteiger partial charge in [0.1, 0.15) is 0 Å². The molecule has 7 heteroatoms. The number of carbonyl (C=O) groups is 1. The van der Waals surface area contributed by atoms with Gasteiger partial charge >= 0.3 is 0 Å². The van der Waals surface area contributed by atoms with Crippen LogP contribution in [-0.2, 0) is 4.79 Å². The highest BCUT2D eigenvalue weighted by molar-refractivity contribution is 5.92. The van der Waals surface area contributed by atoms with Crippen LogP contribution in [-0.4, -0.2) is 48.5 Å².